The van der Waals surface area contributed by atoms with Crippen molar-refractivity contribution in [2.45, 2.75) is 32.1 Å². The minimum absolute atomic E-state index is 0.0606. The van der Waals surface area contributed by atoms with Gasteiger partial charge in [0.1, 0.15) is 23.8 Å². The number of hydrogen-bond donors (Lipinski definition) is 2. The molecule has 0 amide bonds. The zero-order valence-electron chi connectivity index (χ0n) is 13.4. The molecule has 1 unspecified atom stereocenters. The Kier molecular flexibility index (Phi) is 6.62. The molecule has 0 spiro atoms. The van der Waals surface area contributed by atoms with Crippen molar-refractivity contribution in [1.82, 2.24) is 0 Å². The summed E-state index contributed by atoms with van der Waals surface area (Å²) >= 11 is 0. The fourth-order valence-corrected chi connectivity index (χ4v) is 1.63. The summed E-state index contributed by atoms with van der Waals surface area (Å²) in [5, 5.41) is 7.04. The Morgan fingerprint density at radius 2 is 1.88 bits per heavy atom. The third-order valence-corrected chi connectivity index (χ3v) is 3.19. The maximum atomic E-state index is 14.0. The van der Waals surface area contributed by atoms with Gasteiger partial charge in [0.05, 0.1) is 0 Å². The number of nitrogens with two attached hydrogens (primary N) is 1. The number of allylic oxidation sites excluding steroid dienone is 1. The van der Waals surface area contributed by atoms with Crippen LogP contribution in [0.5, 0.6) is 11.5 Å². The maximum Gasteiger partial charge on any atom is 0.422 e. The van der Waals surface area contributed by atoms with E-state index in [4.69, 9.17) is 15.9 Å². The molecule has 1 aromatic rings. The molecule has 0 aliphatic carbocycles. The van der Waals surface area contributed by atoms with Gasteiger partial charge in [-0.3, -0.25) is 0 Å². The second-order valence-corrected chi connectivity index (χ2v) is 5.41. The molecule has 0 aliphatic heterocycles. The van der Waals surface area contributed by atoms with Crippen molar-refractivity contribution < 1.29 is 27.0 Å². The molecule has 8 heteroatoms. The van der Waals surface area contributed by atoms with E-state index in [1.807, 2.05) is 0 Å². The molecule has 0 heterocycles. The number of benzene rings is 1. The molecular formula is C16H20F4N2O2. The molecule has 0 fully saturated rings. The first-order valence-electron chi connectivity index (χ1n) is 7.20. The molecule has 4 nitrogen and oxygen atoms in total. The largest absolute Gasteiger partial charge is 0.490 e. The van der Waals surface area contributed by atoms with Crippen LogP contribution in [0.1, 0.15) is 25.8 Å². The molecule has 0 saturated carbocycles. The summed E-state index contributed by atoms with van der Waals surface area (Å²) in [7, 11) is 0. The van der Waals surface area contributed by atoms with E-state index < -0.39 is 18.5 Å². The fraction of sp³-hybridized carbons (Fsp3) is 0.438. The lowest BCUT2D eigenvalue weighted by molar-refractivity contribution is -0.153. The molecule has 1 aromatic carbocycles. The zero-order valence-corrected chi connectivity index (χ0v) is 13.4. The van der Waals surface area contributed by atoms with Crippen molar-refractivity contribution in [1.29, 1.82) is 5.41 Å². The Bertz CT molecular complexity index is 598. The van der Waals surface area contributed by atoms with Crippen LogP contribution in [0, 0.1) is 5.41 Å². The zero-order chi connectivity index (χ0) is 18.4. The number of halogens is 4. The highest BCUT2D eigenvalue weighted by Gasteiger charge is 2.28. The Morgan fingerprint density at radius 1 is 1.21 bits per heavy atom. The quantitative estimate of drug-likeness (QED) is 0.549. The summed E-state index contributed by atoms with van der Waals surface area (Å²) in [5.41, 5.74) is 4.55. The highest BCUT2D eigenvalue weighted by atomic mass is 19.4. The van der Waals surface area contributed by atoms with E-state index >= 15 is 0 Å². The molecular weight excluding hydrogens is 328 g/mol. The first kappa shape index (κ1) is 19.8. The fourth-order valence-electron chi connectivity index (χ4n) is 1.63. The van der Waals surface area contributed by atoms with Crippen LogP contribution in [0.4, 0.5) is 17.6 Å². The van der Waals surface area contributed by atoms with Crippen LogP contribution in [-0.4, -0.2) is 31.3 Å². The third-order valence-electron chi connectivity index (χ3n) is 3.19. The summed E-state index contributed by atoms with van der Waals surface area (Å²) in [6, 6.07) is 3.90. The minimum Gasteiger partial charge on any atom is -0.490 e. The monoisotopic (exact) mass is 348 g/mol. The molecule has 0 aliphatic rings. The average molecular weight is 348 g/mol. The molecule has 134 valence electrons. The van der Waals surface area contributed by atoms with E-state index in [0.29, 0.717) is 0 Å². The van der Waals surface area contributed by atoms with Crippen molar-refractivity contribution in [3.63, 3.8) is 0 Å². The molecule has 0 saturated heterocycles. The molecule has 3 N–H and O–H groups in total. The van der Waals surface area contributed by atoms with E-state index in [1.54, 1.807) is 6.92 Å². The second kappa shape index (κ2) is 8.03. The minimum atomic E-state index is -4.47. The van der Waals surface area contributed by atoms with Crippen LogP contribution >= 0.6 is 0 Å². The van der Waals surface area contributed by atoms with Gasteiger partial charge in [-0.1, -0.05) is 6.92 Å². The lowest BCUT2D eigenvalue weighted by Crippen LogP contribution is -2.26. The maximum absolute atomic E-state index is 14.0. The van der Waals surface area contributed by atoms with Crippen molar-refractivity contribution in [2.24, 2.45) is 5.73 Å². The SMILES string of the molecule is CCC(C)(F)COc1ccc(OCC(F)(F)F)cc1/C(N)=C/C=N. The van der Waals surface area contributed by atoms with Gasteiger partial charge in [0.15, 0.2) is 6.61 Å². The van der Waals surface area contributed by atoms with Crippen LogP contribution < -0.4 is 15.2 Å². The lowest BCUT2D eigenvalue weighted by atomic mass is 10.1. The van der Waals surface area contributed by atoms with Crippen LogP contribution in [-0.2, 0) is 0 Å². The summed E-state index contributed by atoms with van der Waals surface area (Å²) in [6.45, 7) is 1.36. The Hall–Kier alpha value is -2.25. The normalized spacial score (nSPS) is 14.8. The highest BCUT2D eigenvalue weighted by molar-refractivity contribution is 5.83. The van der Waals surface area contributed by atoms with E-state index in [9.17, 15) is 17.6 Å². The molecule has 1 rings (SSSR count). The summed E-state index contributed by atoms with van der Waals surface area (Å²) in [5.74, 6) is 0.136. The van der Waals surface area contributed by atoms with Crippen molar-refractivity contribution in [2.75, 3.05) is 13.2 Å². The third kappa shape index (κ3) is 6.47. The van der Waals surface area contributed by atoms with Crippen LogP contribution in [0.3, 0.4) is 0 Å². The van der Waals surface area contributed by atoms with Gasteiger partial charge in [-0.05, 0) is 37.6 Å². The van der Waals surface area contributed by atoms with E-state index in [0.717, 1.165) is 6.21 Å². The second-order valence-electron chi connectivity index (χ2n) is 5.41. The molecule has 0 aromatic heterocycles. The van der Waals surface area contributed by atoms with Crippen LogP contribution in [0.15, 0.2) is 24.3 Å². The van der Waals surface area contributed by atoms with Gasteiger partial charge in [-0.15, -0.1) is 0 Å². The lowest BCUT2D eigenvalue weighted by Gasteiger charge is -2.20. The summed E-state index contributed by atoms with van der Waals surface area (Å²) < 4.78 is 60.7. The van der Waals surface area contributed by atoms with Crippen molar-refractivity contribution in [3.8, 4) is 11.5 Å². The van der Waals surface area contributed by atoms with Gasteiger partial charge in [0.2, 0.25) is 0 Å². The predicted octanol–water partition coefficient (Wildman–Crippen LogP) is 4.09. The Labute approximate surface area is 137 Å². The van der Waals surface area contributed by atoms with Gasteiger partial charge >= 0.3 is 6.18 Å². The number of hydrogen-bond acceptors (Lipinski definition) is 4. The molecule has 0 bridgehead atoms. The number of rotatable bonds is 8. The van der Waals surface area contributed by atoms with Crippen molar-refractivity contribution in [3.05, 3.63) is 29.8 Å². The number of nitrogens with one attached hydrogen (secondary N) is 1. The summed E-state index contributed by atoms with van der Waals surface area (Å²) in [6.07, 6.45) is -2.07. The van der Waals surface area contributed by atoms with Gasteiger partial charge < -0.3 is 20.6 Å². The average Bonchev–Trinajstić information content (AvgIpc) is 2.51. The number of alkyl halides is 4. The first-order valence-corrected chi connectivity index (χ1v) is 7.20. The Balaban J connectivity index is 3.06. The predicted molar refractivity (Wildman–Crippen MR) is 84.2 cm³/mol. The molecule has 0 radical (unpaired) electrons. The van der Waals surface area contributed by atoms with Gasteiger partial charge in [0, 0.05) is 17.5 Å². The number of ether oxygens (including phenoxy) is 2. The Morgan fingerprint density at radius 3 is 2.42 bits per heavy atom. The van der Waals surface area contributed by atoms with E-state index in [-0.39, 0.29) is 35.8 Å². The van der Waals surface area contributed by atoms with Gasteiger partial charge in [0.25, 0.3) is 0 Å². The van der Waals surface area contributed by atoms with Crippen LogP contribution in [0.2, 0.25) is 0 Å². The molecule has 1 atom stereocenters. The standard InChI is InChI=1S/C16H20F4N2O2/c1-3-15(2,17)9-24-14-5-4-11(23-10-16(18,19)20)8-12(14)13(22)6-7-21/h4-8,21H,3,9-10,22H2,1-2H3/b13-6-,21-7?. The van der Waals surface area contributed by atoms with Gasteiger partial charge in [-0.2, -0.15) is 13.2 Å². The smallest absolute Gasteiger partial charge is 0.422 e. The molecule has 24 heavy (non-hydrogen) atoms. The van der Waals surface area contributed by atoms with Gasteiger partial charge in [-0.25, -0.2) is 4.39 Å². The first-order chi connectivity index (χ1) is 11.1. The van der Waals surface area contributed by atoms with Crippen LogP contribution in [0.25, 0.3) is 5.70 Å². The van der Waals surface area contributed by atoms with Crippen molar-refractivity contribution >= 4 is 11.9 Å². The highest BCUT2D eigenvalue weighted by Crippen LogP contribution is 2.30. The topological polar surface area (TPSA) is 68.3 Å². The van der Waals surface area contributed by atoms with E-state index in [1.165, 1.54) is 31.2 Å². The summed E-state index contributed by atoms with van der Waals surface area (Å²) in [4.78, 5) is 0. The van der Waals surface area contributed by atoms with E-state index in [2.05, 4.69) is 4.74 Å².